The lowest BCUT2D eigenvalue weighted by Gasteiger charge is -2.26. The molecule has 1 N–H and O–H groups in total. The van der Waals surface area contributed by atoms with Gasteiger partial charge in [0, 0.05) is 0 Å². The smallest absolute Gasteiger partial charge is 0.339 e. The number of aliphatic hydroxyl groups is 1. The molecular weight excluding hydrogens is 320 g/mol. The monoisotopic (exact) mass is 340 g/mol. The summed E-state index contributed by atoms with van der Waals surface area (Å²) in [4.78, 5) is 12.3. The van der Waals surface area contributed by atoms with E-state index in [4.69, 9.17) is 4.74 Å². The molecule has 20 heavy (non-hydrogen) atoms. The third-order valence-electron chi connectivity index (χ3n) is 3.73. The Kier molecular flexibility index (Phi) is 6.05. The fraction of sp³-hybridized carbons (Fsp3) is 0.562. The van der Waals surface area contributed by atoms with Crippen molar-refractivity contribution >= 4 is 21.9 Å². The third kappa shape index (κ3) is 4.32. The van der Waals surface area contributed by atoms with Crippen LogP contribution in [0.15, 0.2) is 30.3 Å². The number of benzene rings is 1. The third-order valence-corrected chi connectivity index (χ3v) is 4.78. The van der Waals surface area contributed by atoms with E-state index in [0.717, 1.165) is 25.7 Å². The Balaban J connectivity index is 1.95. The number of alkyl halides is 1. The fourth-order valence-electron chi connectivity index (χ4n) is 2.52. The van der Waals surface area contributed by atoms with E-state index in [0.29, 0.717) is 5.56 Å². The molecule has 1 aromatic carbocycles. The molecule has 0 aliphatic heterocycles. The number of hydrogen-bond acceptors (Lipinski definition) is 3. The minimum Gasteiger partial charge on any atom is -0.459 e. The van der Waals surface area contributed by atoms with Gasteiger partial charge in [-0.25, -0.2) is 4.79 Å². The van der Waals surface area contributed by atoms with E-state index in [1.165, 1.54) is 12.8 Å². The molecule has 0 aromatic heterocycles. The fourth-order valence-corrected chi connectivity index (χ4v) is 3.22. The van der Waals surface area contributed by atoms with Gasteiger partial charge in [-0.1, -0.05) is 65.5 Å². The molecule has 3 atom stereocenters. The van der Waals surface area contributed by atoms with E-state index in [1.807, 2.05) is 6.07 Å². The first-order valence-electron chi connectivity index (χ1n) is 7.26. The molecular formula is C16H21BrO3. The molecule has 0 amide bonds. The molecule has 0 radical (unpaired) electrons. The second kappa shape index (κ2) is 7.79. The summed E-state index contributed by atoms with van der Waals surface area (Å²) in [5, 5.41) is 10.0. The van der Waals surface area contributed by atoms with E-state index in [9.17, 15) is 9.90 Å². The summed E-state index contributed by atoms with van der Waals surface area (Å²) < 4.78 is 5.52. The zero-order chi connectivity index (χ0) is 14.4. The van der Waals surface area contributed by atoms with Crippen molar-refractivity contribution in [2.24, 2.45) is 0 Å². The van der Waals surface area contributed by atoms with Gasteiger partial charge in [0.2, 0.25) is 0 Å². The van der Waals surface area contributed by atoms with E-state index in [-0.39, 0.29) is 10.9 Å². The Hall–Kier alpha value is -0.870. The van der Waals surface area contributed by atoms with Crippen molar-refractivity contribution in [3.63, 3.8) is 0 Å². The summed E-state index contributed by atoms with van der Waals surface area (Å²) >= 11 is 3.61. The lowest BCUT2D eigenvalue weighted by Crippen LogP contribution is -2.30. The van der Waals surface area contributed by atoms with Gasteiger partial charge >= 0.3 is 5.97 Å². The molecule has 1 aliphatic rings. The number of halogens is 1. The molecule has 0 bridgehead atoms. The molecule has 1 aromatic rings. The van der Waals surface area contributed by atoms with E-state index >= 15 is 0 Å². The predicted molar refractivity (Wildman–Crippen MR) is 81.7 cm³/mol. The Morgan fingerprint density at radius 2 is 1.80 bits per heavy atom. The van der Waals surface area contributed by atoms with Crippen LogP contribution in [0.25, 0.3) is 0 Å². The quantitative estimate of drug-likeness (QED) is 0.673. The number of hydrogen-bond donors (Lipinski definition) is 1. The number of carbonyl (C=O) groups is 1. The lowest BCUT2D eigenvalue weighted by molar-refractivity contribution is -0.160. The highest BCUT2D eigenvalue weighted by Crippen LogP contribution is 2.27. The molecule has 0 heterocycles. The van der Waals surface area contributed by atoms with Gasteiger partial charge in [-0.15, -0.1) is 0 Å². The first-order chi connectivity index (χ1) is 9.68. The lowest BCUT2D eigenvalue weighted by atomic mass is 9.98. The molecule has 1 fully saturated rings. The van der Waals surface area contributed by atoms with Crippen LogP contribution in [0.3, 0.4) is 0 Å². The van der Waals surface area contributed by atoms with Gasteiger partial charge in [0.25, 0.3) is 0 Å². The Morgan fingerprint density at radius 3 is 2.50 bits per heavy atom. The summed E-state index contributed by atoms with van der Waals surface area (Å²) in [5.41, 5.74) is 0.578. The number of carbonyl (C=O) groups excluding carboxylic acids is 1. The Bertz CT molecular complexity index is 421. The topological polar surface area (TPSA) is 46.5 Å². The minimum absolute atomic E-state index is 0.138. The summed E-state index contributed by atoms with van der Waals surface area (Å²) in [6, 6.07) is 8.92. The predicted octanol–water partition coefficient (Wildman–Crippen LogP) is 3.75. The van der Waals surface area contributed by atoms with Crippen LogP contribution in [0, 0.1) is 0 Å². The van der Waals surface area contributed by atoms with Crippen molar-refractivity contribution in [3.05, 3.63) is 35.9 Å². The number of esters is 1. The molecule has 1 aliphatic carbocycles. The summed E-state index contributed by atoms with van der Waals surface area (Å²) in [6.07, 6.45) is 5.21. The zero-order valence-corrected chi connectivity index (χ0v) is 13.1. The van der Waals surface area contributed by atoms with Crippen LogP contribution in [0.1, 0.15) is 50.2 Å². The van der Waals surface area contributed by atoms with Crippen LogP contribution in [0.4, 0.5) is 0 Å². The zero-order valence-electron chi connectivity index (χ0n) is 11.5. The van der Waals surface area contributed by atoms with Gasteiger partial charge in [-0.3, -0.25) is 0 Å². The maximum absolute atomic E-state index is 12.1. The molecule has 3 nitrogen and oxygen atoms in total. The first-order valence-corrected chi connectivity index (χ1v) is 8.17. The van der Waals surface area contributed by atoms with Gasteiger partial charge in [-0.2, -0.15) is 0 Å². The van der Waals surface area contributed by atoms with Gasteiger partial charge < -0.3 is 9.84 Å². The maximum atomic E-state index is 12.1. The van der Waals surface area contributed by atoms with Crippen molar-refractivity contribution < 1.29 is 14.6 Å². The van der Waals surface area contributed by atoms with Crippen LogP contribution in [0.2, 0.25) is 0 Å². The minimum atomic E-state index is -1.19. The van der Waals surface area contributed by atoms with Crippen molar-refractivity contribution in [1.82, 2.24) is 0 Å². The highest BCUT2D eigenvalue weighted by molar-refractivity contribution is 9.09. The van der Waals surface area contributed by atoms with Crippen LogP contribution in [-0.4, -0.2) is 22.0 Å². The molecule has 0 unspecified atom stereocenters. The summed E-state index contributed by atoms with van der Waals surface area (Å²) in [6.45, 7) is 0. The van der Waals surface area contributed by atoms with Crippen molar-refractivity contribution in [3.8, 4) is 0 Å². The van der Waals surface area contributed by atoms with E-state index in [2.05, 4.69) is 15.9 Å². The van der Waals surface area contributed by atoms with Crippen molar-refractivity contribution in [2.75, 3.05) is 0 Å². The highest BCUT2D eigenvalue weighted by atomic mass is 79.9. The summed E-state index contributed by atoms with van der Waals surface area (Å²) in [5.74, 6) is -0.550. The van der Waals surface area contributed by atoms with Crippen molar-refractivity contribution in [2.45, 2.75) is 55.6 Å². The Morgan fingerprint density at radius 1 is 1.15 bits per heavy atom. The average Bonchev–Trinajstić information content (AvgIpc) is 2.47. The molecule has 0 saturated heterocycles. The SMILES string of the molecule is O=C(O[C@@H]1CCCCCC[C@H]1Br)[C@@H](O)c1ccccc1. The van der Waals surface area contributed by atoms with Gasteiger partial charge in [0.05, 0.1) is 4.83 Å². The molecule has 2 rings (SSSR count). The van der Waals surface area contributed by atoms with Gasteiger partial charge in [-0.05, 0) is 24.8 Å². The maximum Gasteiger partial charge on any atom is 0.339 e. The number of ether oxygens (including phenoxy) is 1. The van der Waals surface area contributed by atoms with Crippen LogP contribution in [0.5, 0.6) is 0 Å². The van der Waals surface area contributed by atoms with Crippen LogP contribution < -0.4 is 0 Å². The number of rotatable bonds is 3. The summed E-state index contributed by atoms with van der Waals surface area (Å²) in [7, 11) is 0. The van der Waals surface area contributed by atoms with Crippen LogP contribution >= 0.6 is 15.9 Å². The van der Waals surface area contributed by atoms with E-state index < -0.39 is 12.1 Å². The second-order valence-electron chi connectivity index (χ2n) is 5.30. The van der Waals surface area contributed by atoms with Crippen LogP contribution in [-0.2, 0) is 9.53 Å². The standard InChI is InChI=1S/C16H21BrO3/c17-13-10-6-1-2-7-11-14(13)20-16(19)15(18)12-8-4-3-5-9-12/h3-5,8-9,13-15,18H,1-2,6-7,10-11H2/t13-,14-,15+/m1/s1. The Labute approximate surface area is 128 Å². The van der Waals surface area contributed by atoms with E-state index in [1.54, 1.807) is 24.3 Å². The first kappa shape index (κ1) is 15.5. The van der Waals surface area contributed by atoms with Gasteiger partial charge in [0.15, 0.2) is 6.10 Å². The van der Waals surface area contributed by atoms with Crippen molar-refractivity contribution in [1.29, 1.82) is 0 Å². The second-order valence-corrected chi connectivity index (χ2v) is 6.47. The molecule has 1 saturated carbocycles. The molecule has 0 spiro atoms. The number of aliphatic hydroxyl groups excluding tert-OH is 1. The molecule has 4 heteroatoms. The average molecular weight is 341 g/mol. The normalized spacial score (nSPS) is 25.3. The van der Waals surface area contributed by atoms with Gasteiger partial charge in [0.1, 0.15) is 6.10 Å². The largest absolute Gasteiger partial charge is 0.459 e. The molecule has 110 valence electrons. The highest BCUT2D eigenvalue weighted by Gasteiger charge is 2.27.